The minimum Gasteiger partial charge on any atom is -0.452 e. The second-order valence-electron chi connectivity index (χ2n) is 4.09. The van der Waals surface area contributed by atoms with Crippen LogP contribution in [0.3, 0.4) is 0 Å². The van der Waals surface area contributed by atoms with Gasteiger partial charge in [-0.2, -0.15) is 0 Å². The van der Waals surface area contributed by atoms with Gasteiger partial charge < -0.3 is 10.1 Å². The maximum atomic E-state index is 13.4. The summed E-state index contributed by atoms with van der Waals surface area (Å²) in [5.74, 6) is -2.17. The predicted octanol–water partition coefficient (Wildman–Crippen LogP) is 3.32. The van der Waals surface area contributed by atoms with Crippen molar-refractivity contribution in [3.8, 4) is 0 Å². The fraction of sp³-hybridized carbons (Fsp3) is 0.0714. The molecule has 1 heterocycles. The van der Waals surface area contributed by atoms with Gasteiger partial charge in [-0.05, 0) is 30.3 Å². The number of ether oxygens (including phenoxy) is 1. The van der Waals surface area contributed by atoms with Crippen LogP contribution in [0.15, 0.2) is 36.5 Å². The van der Waals surface area contributed by atoms with E-state index >= 15 is 0 Å². The number of halogens is 3. The lowest BCUT2D eigenvalue weighted by molar-refractivity contribution is -0.119. The Labute approximate surface area is 135 Å². The van der Waals surface area contributed by atoms with Crippen molar-refractivity contribution in [3.63, 3.8) is 0 Å². The van der Waals surface area contributed by atoms with Crippen LogP contribution < -0.4 is 5.32 Å². The number of anilines is 1. The van der Waals surface area contributed by atoms with Crippen LogP contribution in [-0.2, 0) is 9.53 Å². The molecule has 114 valence electrons. The van der Waals surface area contributed by atoms with Crippen molar-refractivity contribution >= 4 is 40.8 Å². The second-order valence-corrected chi connectivity index (χ2v) is 4.88. The molecule has 5 nitrogen and oxygen atoms in total. The van der Waals surface area contributed by atoms with E-state index in [0.29, 0.717) is 0 Å². The quantitative estimate of drug-likeness (QED) is 0.683. The first-order valence-electron chi connectivity index (χ1n) is 6.00. The summed E-state index contributed by atoms with van der Waals surface area (Å²) < 4.78 is 18.2. The van der Waals surface area contributed by atoms with E-state index in [-0.39, 0.29) is 21.4 Å². The number of nitrogens with zero attached hydrogens (tertiary/aromatic N) is 1. The number of benzene rings is 1. The Kier molecular flexibility index (Phi) is 5.30. The number of pyridine rings is 1. The third-order valence-electron chi connectivity index (χ3n) is 2.52. The standard InChI is InChI=1S/C14H9Cl2FN2O3/c15-8-3-4-10(17)11(6-8)19-12(20)7-22-14(21)9-2-1-5-18-13(9)16/h1-6H,7H2,(H,19,20). The van der Waals surface area contributed by atoms with E-state index in [2.05, 4.69) is 10.3 Å². The van der Waals surface area contributed by atoms with Crippen molar-refractivity contribution in [2.75, 3.05) is 11.9 Å². The average molecular weight is 343 g/mol. The Balaban J connectivity index is 1.94. The SMILES string of the molecule is O=C(COC(=O)c1cccnc1Cl)Nc1cc(Cl)ccc1F. The second kappa shape index (κ2) is 7.20. The van der Waals surface area contributed by atoms with Crippen LogP contribution in [0.2, 0.25) is 10.2 Å². The predicted molar refractivity (Wildman–Crippen MR) is 79.6 cm³/mol. The molecule has 0 radical (unpaired) electrons. The summed E-state index contributed by atoms with van der Waals surface area (Å²) in [5.41, 5.74) is -0.0705. The van der Waals surface area contributed by atoms with Gasteiger partial charge in [0.15, 0.2) is 6.61 Å². The molecule has 1 N–H and O–H groups in total. The number of carbonyl (C=O) groups excluding carboxylic acids is 2. The van der Waals surface area contributed by atoms with Crippen molar-refractivity contribution in [2.24, 2.45) is 0 Å². The number of rotatable bonds is 4. The monoisotopic (exact) mass is 342 g/mol. The Morgan fingerprint density at radius 3 is 2.77 bits per heavy atom. The molecule has 0 atom stereocenters. The number of nitrogens with one attached hydrogen (secondary N) is 1. The Hall–Kier alpha value is -2.18. The summed E-state index contributed by atoms with van der Waals surface area (Å²) in [4.78, 5) is 27.1. The maximum Gasteiger partial charge on any atom is 0.341 e. The lowest BCUT2D eigenvalue weighted by Gasteiger charge is -2.08. The van der Waals surface area contributed by atoms with Gasteiger partial charge in [-0.3, -0.25) is 4.79 Å². The first-order chi connectivity index (χ1) is 10.5. The molecule has 0 aliphatic rings. The smallest absolute Gasteiger partial charge is 0.341 e. The van der Waals surface area contributed by atoms with Crippen LogP contribution in [0.1, 0.15) is 10.4 Å². The summed E-state index contributed by atoms with van der Waals surface area (Å²) in [6.45, 7) is -0.601. The molecule has 0 aliphatic heterocycles. The zero-order chi connectivity index (χ0) is 16.1. The fourth-order valence-electron chi connectivity index (χ4n) is 1.53. The molecule has 0 saturated heterocycles. The minimum atomic E-state index is -0.806. The van der Waals surface area contributed by atoms with Crippen LogP contribution in [0, 0.1) is 5.82 Å². The van der Waals surface area contributed by atoms with E-state index in [9.17, 15) is 14.0 Å². The average Bonchev–Trinajstić information content (AvgIpc) is 2.49. The lowest BCUT2D eigenvalue weighted by atomic mass is 10.3. The molecule has 1 aromatic carbocycles. The Bertz CT molecular complexity index is 725. The first-order valence-corrected chi connectivity index (χ1v) is 6.75. The summed E-state index contributed by atoms with van der Waals surface area (Å²) in [5, 5.41) is 2.47. The van der Waals surface area contributed by atoms with Crippen LogP contribution in [-0.4, -0.2) is 23.5 Å². The molecular formula is C14H9Cl2FN2O3. The zero-order valence-corrected chi connectivity index (χ0v) is 12.5. The van der Waals surface area contributed by atoms with Gasteiger partial charge in [-0.25, -0.2) is 14.2 Å². The van der Waals surface area contributed by atoms with E-state index in [0.717, 1.165) is 6.07 Å². The van der Waals surface area contributed by atoms with Crippen molar-refractivity contribution in [2.45, 2.75) is 0 Å². The van der Waals surface area contributed by atoms with E-state index < -0.39 is 24.3 Å². The molecule has 2 rings (SSSR count). The van der Waals surface area contributed by atoms with Gasteiger partial charge in [-0.15, -0.1) is 0 Å². The highest BCUT2D eigenvalue weighted by Gasteiger charge is 2.15. The number of esters is 1. The minimum absolute atomic E-state index is 0.0332. The lowest BCUT2D eigenvalue weighted by Crippen LogP contribution is -2.21. The van der Waals surface area contributed by atoms with Gasteiger partial charge >= 0.3 is 5.97 Å². The van der Waals surface area contributed by atoms with Gasteiger partial charge in [-0.1, -0.05) is 23.2 Å². The molecule has 8 heteroatoms. The van der Waals surface area contributed by atoms with E-state index in [1.54, 1.807) is 0 Å². The molecule has 1 amide bonds. The van der Waals surface area contributed by atoms with Crippen molar-refractivity contribution < 1.29 is 18.7 Å². The third kappa shape index (κ3) is 4.16. The largest absolute Gasteiger partial charge is 0.452 e. The summed E-state index contributed by atoms with van der Waals surface area (Å²) in [6.07, 6.45) is 1.41. The molecule has 1 aromatic heterocycles. The van der Waals surface area contributed by atoms with E-state index in [1.807, 2.05) is 0 Å². The highest BCUT2D eigenvalue weighted by molar-refractivity contribution is 6.32. The van der Waals surface area contributed by atoms with Crippen molar-refractivity contribution in [3.05, 3.63) is 58.1 Å². The number of aromatic nitrogens is 1. The van der Waals surface area contributed by atoms with Gasteiger partial charge in [0.1, 0.15) is 11.0 Å². The highest BCUT2D eigenvalue weighted by Crippen LogP contribution is 2.19. The molecule has 0 bridgehead atoms. The Morgan fingerprint density at radius 1 is 1.27 bits per heavy atom. The number of hydrogen-bond acceptors (Lipinski definition) is 4. The topological polar surface area (TPSA) is 68.3 Å². The van der Waals surface area contributed by atoms with E-state index in [1.165, 1.54) is 30.5 Å². The van der Waals surface area contributed by atoms with Gasteiger partial charge in [0.05, 0.1) is 11.3 Å². The van der Waals surface area contributed by atoms with E-state index in [4.69, 9.17) is 27.9 Å². The number of hydrogen-bond donors (Lipinski definition) is 1. The third-order valence-corrected chi connectivity index (χ3v) is 3.05. The van der Waals surface area contributed by atoms with Crippen LogP contribution in [0.25, 0.3) is 0 Å². The molecular weight excluding hydrogens is 334 g/mol. The fourth-order valence-corrected chi connectivity index (χ4v) is 1.90. The van der Waals surface area contributed by atoms with Crippen molar-refractivity contribution in [1.82, 2.24) is 4.98 Å². The van der Waals surface area contributed by atoms with Crippen molar-refractivity contribution in [1.29, 1.82) is 0 Å². The van der Waals surface area contributed by atoms with Gasteiger partial charge in [0.25, 0.3) is 5.91 Å². The Morgan fingerprint density at radius 2 is 2.05 bits per heavy atom. The zero-order valence-electron chi connectivity index (χ0n) is 11.0. The number of amides is 1. The van der Waals surface area contributed by atoms with Crippen LogP contribution >= 0.6 is 23.2 Å². The van der Waals surface area contributed by atoms with Gasteiger partial charge in [0, 0.05) is 11.2 Å². The molecule has 0 saturated carbocycles. The molecule has 22 heavy (non-hydrogen) atoms. The molecule has 2 aromatic rings. The first kappa shape index (κ1) is 16.2. The molecule has 0 unspecified atom stereocenters. The highest BCUT2D eigenvalue weighted by atomic mass is 35.5. The normalized spacial score (nSPS) is 10.1. The molecule has 0 aliphatic carbocycles. The summed E-state index contributed by atoms with van der Waals surface area (Å²) in [6, 6.07) is 6.61. The van der Waals surface area contributed by atoms with Crippen LogP contribution in [0.4, 0.5) is 10.1 Å². The van der Waals surface area contributed by atoms with Gasteiger partial charge in [0.2, 0.25) is 0 Å². The molecule has 0 fully saturated rings. The number of carbonyl (C=O) groups is 2. The maximum absolute atomic E-state index is 13.4. The summed E-state index contributed by atoms with van der Waals surface area (Å²) >= 11 is 11.4. The van der Waals surface area contributed by atoms with Crippen LogP contribution in [0.5, 0.6) is 0 Å². The molecule has 0 spiro atoms. The summed E-state index contributed by atoms with van der Waals surface area (Å²) in [7, 11) is 0.